The molecule has 1 aromatic carbocycles. The van der Waals surface area contributed by atoms with E-state index in [0.717, 1.165) is 24.2 Å². The number of halogens is 1. The summed E-state index contributed by atoms with van der Waals surface area (Å²) < 4.78 is 7.03. The van der Waals surface area contributed by atoms with Crippen molar-refractivity contribution in [2.24, 2.45) is 4.99 Å². The van der Waals surface area contributed by atoms with E-state index >= 15 is 0 Å². The third kappa shape index (κ3) is 2.76. The molecule has 2 aromatic heterocycles. The van der Waals surface area contributed by atoms with E-state index < -0.39 is 11.8 Å². The molecule has 0 saturated carbocycles. The zero-order valence-corrected chi connectivity index (χ0v) is 17.8. The Balaban J connectivity index is 0.00000216. The van der Waals surface area contributed by atoms with Crippen molar-refractivity contribution in [1.82, 2.24) is 14.7 Å². The molecule has 6 rings (SSSR count). The molecule has 0 bridgehead atoms. The standard InChI is InChI=1S/C23H17N5O3.ClH/c1-31-14-6-9-28-16(12-25-17(28)11-14)18-19(23(30)26-22(18)29)20-15-4-2-3-13-5-8-27(21(13)15)10-7-24-20;/h2-4,6-7,9-12H,5,8H2,1H3,(H,26,29,30);1H. The van der Waals surface area contributed by atoms with E-state index in [1.165, 1.54) is 5.56 Å². The van der Waals surface area contributed by atoms with Crippen LogP contribution in [0.5, 0.6) is 5.75 Å². The van der Waals surface area contributed by atoms with Gasteiger partial charge in [0.25, 0.3) is 11.8 Å². The van der Waals surface area contributed by atoms with Crippen LogP contribution in [0.25, 0.3) is 11.2 Å². The number of amides is 2. The van der Waals surface area contributed by atoms with Gasteiger partial charge in [0.1, 0.15) is 11.4 Å². The number of fused-ring (bicyclic) bond motifs is 1. The summed E-state index contributed by atoms with van der Waals surface area (Å²) in [6.45, 7) is 0.859. The maximum Gasteiger partial charge on any atom is 0.261 e. The fourth-order valence-corrected chi connectivity index (χ4v) is 4.48. The summed E-state index contributed by atoms with van der Waals surface area (Å²) in [6, 6.07) is 9.55. The normalized spacial score (nSPS) is 16.7. The summed E-state index contributed by atoms with van der Waals surface area (Å²) in [7, 11) is 1.58. The highest BCUT2D eigenvalue weighted by Gasteiger charge is 2.38. The lowest BCUT2D eigenvalue weighted by molar-refractivity contribution is -0.123. The van der Waals surface area contributed by atoms with E-state index in [2.05, 4.69) is 26.3 Å². The lowest BCUT2D eigenvalue weighted by Gasteiger charge is -2.17. The molecule has 3 aliphatic rings. The van der Waals surface area contributed by atoms with Crippen LogP contribution in [-0.4, -0.2) is 40.6 Å². The van der Waals surface area contributed by atoms with Gasteiger partial charge in [-0.1, -0.05) is 18.2 Å². The molecule has 0 aliphatic carbocycles. The van der Waals surface area contributed by atoms with Crippen LogP contribution in [0.4, 0.5) is 5.69 Å². The largest absolute Gasteiger partial charge is 0.497 e. The third-order valence-corrected chi connectivity index (χ3v) is 5.88. The highest BCUT2D eigenvalue weighted by Crippen LogP contribution is 2.37. The van der Waals surface area contributed by atoms with Crippen molar-refractivity contribution < 1.29 is 14.3 Å². The summed E-state index contributed by atoms with van der Waals surface area (Å²) in [5.74, 6) is -0.262. The average molecular weight is 448 g/mol. The van der Waals surface area contributed by atoms with Crippen molar-refractivity contribution in [2.45, 2.75) is 6.42 Å². The van der Waals surface area contributed by atoms with Crippen LogP contribution in [-0.2, 0) is 16.0 Å². The zero-order chi connectivity index (χ0) is 21.1. The number of ether oxygens (including phenoxy) is 1. The van der Waals surface area contributed by atoms with E-state index in [-0.39, 0.29) is 23.6 Å². The van der Waals surface area contributed by atoms with Gasteiger partial charge in [0.05, 0.1) is 41.5 Å². The molecule has 0 fully saturated rings. The van der Waals surface area contributed by atoms with E-state index in [1.807, 2.05) is 18.3 Å². The molecule has 1 N–H and O–H groups in total. The van der Waals surface area contributed by atoms with Crippen molar-refractivity contribution in [3.8, 4) is 5.75 Å². The number of benzene rings is 1. The van der Waals surface area contributed by atoms with Gasteiger partial charge in [-0.15, -0.1) is 12.4 Å². The van der Waals surface area contributed by atoms with Gasteiger partial charge in [-0.2, -0.15) is 0 Å². The maximum absolute atomic E-state index is 13.0. The molecule has 9 heteroatoms. The molecule has 0 radical (unpaired) electrons. The fraction of sp³-hybridized carbons (Fsp3) is 0.130. The number of carbonyl (C=O) groups is 2. The number of aromatic nitrogens is 2. The third-order valence-electron chi connectivity index (χ3n) is 5.88. The van der Waals surface area contributed by atoms with Crippen molar-refractivity contribution in [1.29, 1.82) is 0 Å². The van der Waals surface area contributed by atoms with Crippen molar-refractivity contribution in [3.63, 3.8) is 0 Å². The topological polar surface area (TPSA) is 88.3 Å². The molecule has 32 heavy (non-hydrogen) atoms. The number of rotatable bonds is 3. The first-order valence-corrected chi connectivity index (χ1v) is 9.91. The van der Waals surface area contributed by atoms with Crippen LogP contribution in [0.2, 0.25) is 0 Å². The lowest BCUT2D eigenvalue weighted by Crippen LogP contribution is -2.25. The molecule has 5 heterocycles. The van der Waals surface area contributed by atoms with Crippen LogP contribution >= 0.6 is 12.4 Å². The summed E-state index contributed by atoms with van der Waals surface area (Å²) in [5, 5.41) is 2.45. The molecule has 3 aromatic rings. The monoisotopic (exact) mass is 447 g/mol. The summed E-state index contributed by atoms with van der Waals surface area (Å²) >= 11 is 0. The second kappa shape index (κ2) is 7.35. The number of nitrogens with one attached hydrogen (secondary N) is 1. The Morgan fingerprint density at radius 3 is 2.81 bits per heavy atom. The molecular weight excluding hydrogens is 430 g/mol. The van der Waals surface area contributed by atoms with Gasteiger partial charge in [0, 0.05) is 36.8 Å². The number of hydrogen-bond donors (Lipinski definition) is 1. The SMILES string of the molecule is COc1ccn2c(C3=C(C4=NC=CN5CCc6cccc4c65)C(=O)NC3=O)cnc2c1.Cl. The smallest absolute Gasteiger partial charge is 0.261 e. The number of para-hydroxylation sites is 1. The molecule has 0 atom stereocenters. The Bertz CT molecular complexity index is 1400. The van der Waals surface area contributed by atoms with E-state index in [4.69, 9.17) is 4.74 Å². The van der Waals surface area contributed by atoms with Crippen LogP contribution < -0.4 is 15.0 Å². The van der Waals surface area contributed by atoms with E-state index in [0.29, 0.717) is 22.8 Å². The number of imide groups is 1. The molecule has 3 aliphatic heterocycles. The molecule has 0 saturated heterocycles. The Hall–Kier alpha value is -3.91. The van der Waals surface area contributed by atoms with E-state index in [1.54, 1.807) is 42.2 Å². The zero-order valence-electron chi connectivity index (χ0n) is 17.0. The molecule has 2 amide bonds. The first-order chi connectivity index (χ1) is 15.2. The van der Waals surface area contributed by atoms with Crippen LogP contribution in [0.3, 0.4) is 0 Å². The van der Waals surface area contributed by atoms with E-state index in [9.17, 15) is 9.59 Å². The Labute approximate surface area is 189 Å². The maximum atomic E-state index is 13.0. The number of imidazole rings is 1. The van der Waals surface area contributed by atoms with Gasteiger partial charge in [0.2, 0.25) is 0 Å². The molecule has 160 valence electrons. The van der Waals surface area contributed by atoms with Gasteiger partial charge in [-0.05, 0) is 18.1 Å². The number of carbonyl (C=O) groups excluding carboxylic acids is 2. The minimum Gasteiger partial charge on any atom is -0.497 e. The number of hydrogen-bond acceptors (Lipinski definition) is 6. The minimum atomic E-state index is -0.460. The fourth-order valence-electron chi connectivity index (χ4n) is 4.48. The quantitative estimate of drug-likeness (QED) is 0.623. The molecule has 0 spiro atoms. The predicted octanol–water partition coefficient (Wildman–Crippen LogP) is 2.51. The van der Waals surface area contributed by atoms with Gasteiger partial charge in [0.15, 0.2) is 0 Å². The Kier molecular flexibility index (Phi) is 4.60. The van der Waals surface area contributed by atoms with Crippen molar-refractivity contribution in [2.75, 3.05) is 18.6 Å². The second-order valence-corrected chi connectivity index (χ2v) is 7.50. The predicted molar refractivity (Wildman–Crippen MR) is 122 cm³/mol. The highest BCUT2D eigenvalue weighted by atomic mass is 35.5. The number of aliphatic imine (C=N–C) groups is 1. The minimum absolute atomic E-state index is 0. The second-order valence-electron chi connectivity index (χ2n) is 7.50. The molecular formula is C23H18ClN5O3. The average Bonchev–Trinajstić information content (AvgIpc) is 3.42. The summed E-state index contributed by atoms with van der Waals surface area (Å²) in [5.41, 5.74) is 5.22. The van der Waals surface area contributed by atoms with Gasteiger partial charge < -0.3 is 9.64 Å². The van der Waals surface area contributed by atoms with Crippen LogP contribution in [0.15, 0.2) is 65.7 Å². The van der Waals surface area contributed by atoms with Crippen molar-refractivity contribution >= 4 is 46.8 Å². The number of nitrogens with zero attached hydrogens (tertiary/aromatic N) is 4. The first-order valence-electron chi connectivity index (χ1n) is 9.91. The first kappa shape index (κ1) is 20.0. The summed E-state index contributed by atoms with van der Waals surface area (Å²) in [4.78, 5) is 37.0. The number of pyridine rings is 1. The Morgan fingerprint density at radius 2 is 1.97 bits per heavy atom. The van der Waals surface area contributed by atoms with Gasteiger partial charge in [-0.3, -0.25) is 24.3 Å². The Morgan fingerprint density at radius 1 is 1.12 bits per heavy atom. The van der Waals surface area contributed by atoms with Gasteiger partial charge >= 0.3 is 0 Å². The van der Waals surface area contributed by atoms with Crippen molar-refractivity contribution in [3.05, 3.63) is 77.5 Å². The number of methoxy groups -OCH3 is 1. The van der Waals surface area contributed by atoms with Crippen LogP contribution in [0, 0.1) is 0 Å². The molecule has 8 nitrogen and oxygen atoms in total. The summed E-state index contributed by atoms with van der Waals surface area (Å²) in [6.07, 6.45) is 7.89. The van der Waals surface area contributed by atoms with Crippen LogP contribution in [0.1, 0.15) is 16.8 Å². The van der Waals surface area contributed by atoms with Gasteiger partial charge in [-0.25, -0.2) is 4.98 Å². The highest BCUT2D eigenvalue weighted by molar-refractivity contribution is 6.47. The molecule has 0 unspecified atom stereocenters. The number of anilines is 1. The lowest BCUT2D eigenvalue weighted by atomic mass is 9.94.